The van der Waals surface area contributed by atoms with Crippen molar-refractivity contribution in [3.05, 3.63) is 46.0 Å². The van der Waals surface area contributed by atoms with Crippen molar-refractivity contribution in [1.82, 2.24) is 19.8 Å². The number of aromatic nitrogens is 2. The van der Waals surface area contributed by atoms with Crippen LogP contribution in [0.15, 0.2) is 41.1 Å². The highest BCUT2D eigenvalue weighted by Gasteiger charge is 2.38. The summed E-state index contributed by atoms with van der Waals surface area (Å²) in [5.74, 6) is -0.418. The Labute approximate surface area is 165 Å². The Morgan fingerprint density at radius 1 is 1.50 bits per heavy atom. The minimum atomic E-state index is -0.634. The van der Waals surface area contributed by atoms with Gasteiger partial charge < -0.3 is 9.88 Å². The molecule has 0 radical (unpaired) electrons. The first-order valence-corrected chi connectivity index (χ1v) is 10.2. The number of rotatable bonds is 7. The first-order valence-electron chi connectivity index (χ1n) is 8.10. The average Bonchev–Trinajstić information content (AvgIpc) is 3.35. The van der Waals surface area contributed by atoms with Gasteiger partial charge in [-0.05, 0) is 30.9 Å². The maximum Gasteiger partial charge on any atom is 0.266 e. The van der Waals surface area contributed by atoms with Gasteiger partial charge in [0.1, 0.15) is 10.4 Å². The summed E-state index contributed by atoms with van der Waals surface area (Å²) in [5.41, 5.74) is 0. The smallest absolute Gasteiger partial charge is 0.266 e. The van der Waals surface area contributed by atoms with Crippen LogP contribution in [0.25, 0.3) is 6.08 Å². The molecule has 3 heterocycles. The number of thiocarbonyl (C=S) groups is 1. The lowest BCUT2D eigenvalue weighted by Crippen LogP contribution is -2.47. The quantitative estimate of drug-likeness (QED) is 0.435. The SMILES string of the molecule is CC(C(=O)NCCCn1ccnc1)N1C(=O)/C(=C/c2cccs2)SC1=S. The summed E-state index contributed by atoms with van der Waals surface area (Å²) in [6.07, 6.45) is 7.94. The molecule has 0 aromatic carbocycles. The highest BCUT2D eigenvalue weighted by molar-refractivity contribution is 8.26. The second-order valence-corrected chi connectivity index (χ2v) is 8.34. The fraction of sp³-hybridized carbons (Fsp3) is 0.294. The number of hydrogen-bond donors (Lipinski definition) is 1. The Morgan fingerprint density at radius 3 is 3.04 bits per heavy atom. The number of nitrogens with one attached hydrogen (secondary N) is 1. The van der Waals surface area contributed by atoms with Crippen LogP contribution in [0.4, 0.5) is 0 Å². The standard InChI is InChI=1S/C17H18N4O2S3/c1-12(15(22)19-5-3-7-20-8-6-18-11-20)21-16(23)14(26-17(21)24)10-13-4-2-9-25-13/h2,4,6,8-12H,3,5,7H2,1H3,(H,19,22)/b14-10-. The first-order chi connectivity index (χ1) is 12.6. The van der Waals surface area contributed by atoms with E-state index in [0.717, 1.165) is 17.8 Å². The summed E-state index contributed by atoms with van der Waals surface area (Å²) in [5, 5.41) is 4.82. The summed E-state index contributed by atoms with van der Waals surface area (Å²) in [6, 6.07) is 3.23. The number of hydrogen-bond acceptors (Lipinski definition) is 6. The molecule has 0 spiro atoms. The molecule has 2 amide bonds. The number of carbonyl (C=O) groups excluding carboxylic acids is 2. The molecule has 9 heteroatoms. The Kier molecular flexibility index (Phi) is 6.23. The minimum absolute atomic E-state index is 0.204. The summed E-state index contributed by atoms with van der Waals surface area (Å²) in [7, 11) is 0. The highest BCUT2D eigenvalue weighted by Crippen LogP contribution is 2.34. The third-order valence-electron chi connectivity index (χ3n) is 3.86. The van der Waals surface area contributed by atoms with E-state index >= 15 is 0 Å². The van der Waals surface area contributed by atoms with Gasteiger partial charge in [0.25, 0.3) is 5.91 Å². The Hall–Kier alpha value is -1.97. The van der Waals surface area contributed by atoms with Gasteiger partial charge >= 0.3 is 0 Å². The molecule has 1 fully saturated rings. The van der Waals surface area contributed by atoms with Crippen LogP contribution in [0.5, 0.6) is 0 Å². The summed E-state index contributed by atoms with van der Waals surface area (Å²) < 4.78 is 2.37. The van der Waals surface area contributed by atoms with Crippen molar-refractivity contribution in [2.45, 2.75) is 25.9 Å². The van der Waals surface area contributed by atoms with E-state index < -0.39 is 6.04 Å². The van der Waals surface area contributed by atoms with Crippen molar-refractivity contribution < 1.29 is 9.59 Å². The average molecular weight is 407 g/mol. The zero-order chi connectivity index (χ0) is 18.5. The topological polar surface area (TPSA) is 67.2 Å². The van der Waals surface area contributed by atoms with Gasteiger partial charge in [0, 0.05) is 30.4 Å². The molecule has 2 aromatic rings. The molecule has 0 bridgehead atoms. The Bertz CT molecular complexity index is 815. The predicted molar refractivity (Wildman–Crippen MR) is 109 cm³/mol. The van der Waals surface area contributed by atoms with E-state index in [1.54, 1.807) is 30.8 Å². The fourth-order valence-corrected chi connectivity index (χ4v) is 4.61. The van der Waals surface area contributed by atoms with Gasteiger partial charge in [0.05, 0.1) is 11.2 Å². The molecule has 1 aliphatic heterocycles. The third kappa shape index (κ3) is 4.40. The van der Waals surface area contributed by atoms with Gasteiger partial charge in [-0.25, -0.2) is 4.98 Å². The summed E-state index contributed by atoms with van der Waals surface area (Å²) in [4.78, 5) is 31.9. The van der Waals surface area contributed by atoms with Crippen LogP contribution in [0.3, 0.4) is 0 Å². The minimum Gasteiger partial charge on any atom is -0.354 e. The molecule has 0 aliphatic carbocycles. The lowest BCUT2D eigenvalue weighted by Gasteiger charge is -2.22. The van der Waals surface area contributed by atoms with E-state index in [9.17, 15) is 9.59 Å². The zero-order valence-electron chi connectivity index (χ0n) is 14.1. The van der Waals surface area contributed by atoms with Crippen molar-refractivity contribution >= 4 is 57.5 Å². The molecule has 3 rings (SSSR count). The first kappa shape index (κ1) is 18.8. The second kappa shape index (κ2) is 8.61. The highest BCUT2D eigenvalue weighted by atomic mass is 32.2. The molecule has 1 N–H and O–H groups in total. The molecule has 1 saturated heterocycles. The van der Waals surface area contributed by atoms with E-state index in [1.807, 2.05) is 34.4 Å². The number of aryl methyl sites for hydroxylation is 1. The molecule has 1 aliphatic rings. The van der Waals surface area contributed by atoms with Crippen LogP contribution < -0.4 is 5.32 Å². The summed E-state index contributed by atoms with van der Waals surface area (Å²) in [6.45, 7) is 3.00. The van der Waals surface area contributed by atoms with Gasteiger partial charge in [-0.3, -0.25) is 14.5 Å². The van der Waals surface area contributed by atoms with E-state index in [0.29, 0.717) is 15.8 Å². The van der Waals surface area contributed by atoms with Gasteiger partial charge in [0.2, 0.25) is 5.91 Å². The molecule has 2 aromatic heterocycles. The largest absolute Gasteiger partial charge is 0.354 e. The van der Waals surface area contributed by atoms with Crippen LogP contribution in [0.2, 0.25) is 0 Å². The molecule has 0 saturated carbocycles. The number of imidazole rings is 1. The van der Waals surface area contributed by atoms with Gasteiger partial charge in [-0.15, -0.1) is 11.3 Å². The van der Waals surface area contributed by atoms with Crippen molar-refractivity contribution in [3.63, 3.8) is 0 Å². The van der Waals surface area contributed by atoms with Crippen molar-refractivity contribution in [3.8, 4) is 0 Å². The fourth-order valence-electron chi connectivity index (χ4n) is 2.47. The van der Waals surface area contributed by atoms with Gasteiger partial charge in [-0.1, -0.05) is 30.0 Å². The molecule has 1 unspecified atom stereocenters. The van der Waals surface area contributed by atoms with E-state index in [2.05, 4.69) is 10.3 Å². The maximum atomic E-state index is 12.6. The number of carbonyl (C=O) groups is 2. The summed E-state index contributed by atoms with van der Waals surface area (Å²) >= 11 is 8.11. The third-order valence-corrected chi connectivity index (χ3v) is 6.01. The maximum absolute atomic E-state index is 12.6. The lowest BCUT2D eigenvalue weighted by molar-refractivity contribution is -0.132. The monoisotopic (exact) mass is 406 g/mol. The number of nitrogens with zero attached hydrogens (tertiary/aromatic N) is 3. The molecule has 6 nitrogen and oxygen atoms in total. The number of amides is 2. The van der Waals surface area contributed by atoms with E-state index in [1.165, 1.54) is 16.7 Å². The Morgan fingerprint density at radius 2 is 2.35 bits per heavy atom. The van der Waals surface area contributed by atoms with Gasteiger partial charge in [-0.2, -0.15) is 0 Å². The van der Waals surface area contributed by atoms with Crippen LogP contribution in [-0.4, -0.2) is 43.2 Å². The number of thioether (sulfide) groups is 1. The lowest BCUT2D eigenvalue weighted by atomic mass is 10.2. The van der Waals surface area contributed by atoms with Crippen LogP contribution in [0.1, 0.15) is 18.2 Å². The predicted octanol–water partition coefficient (Wildman–Crippen LogP) is 2.74. The normalized spacial score (nSPS) is 17.1. The van der Waals surface area contributed by atoms with Crippen LogP contribution in [0, 0.1) is 0 Å². The molecule has 136 valence electrons. The Balaban J connectivity index is 1.54. The molecule has 26 heavy (non-hydrogen) atoms. The van der Waals surface area contributed by atoms with Crippen molar-refractivity contribution in [2.75, 3.05) is 6.54 Å². The van der Waals surface area contributed by atoms with Crippen LogP contribution in [-0.2, 0) is 16.1 Å². The van der Waals surface area contributed by atoms with E-state index in [-0.39, 0.29) is 11.8 Å². The van der Waals surface area contributed by atoms with Crippen molar-refractivity contribution in [2.24, 2.45) is 0 Å². The second-order valence-electron chi connectivity index (χ2n) is 5.69. The van der Waals surface area contributed by atoms with Gasteiger partial charge in [0.15, 0.2) is 0 Å². The molecule has 1 atom stereocenters. The van der Waals surface area contributed by atoms with Crippen molar-refractivity contribution in [1.29, 1.82) is 0 Å². The zero-order valence-corrected chi connectivity index (χ0v) is 16.6. The molecular weight excluding hydrogens is 388 g/mol. The van der Waals surface area contributed by atoms with E-state index in [4.69, 9.17) is 12.2 Å². The van der Waals surface area contributed by atoms with Crippen LogP contribution >= 0.6 is 35.3 Å². The number of thiophene rings is 1. The molecular formula is C17H18N4O2S3.